The molecule has 2 aromatic rings. The highest BCUT2D eigenvalue weighted by molar-refractivity contribution is 5.74. The zero-order valence-corrected chi connectivity index (χ0v) is 14.0. The van der Waals surface area contributed by atoms with Gasteiger partial charge in [-0.1, -0.05) is 24.3 Å². The molecule has 0 radical (unpaired) electrons. The van der Waals surface area contributed by atoms with E-state index in [0.29, 0.717) is 0 Å². The van der Waals surface area contributed by atoms with Crippen LogP contribution in [0.15, 0.2) is 84.2 Å². The highest BCUT2D eigenvalue weighted by atomic mass is 15.0. The molecule has 0 spiro atoms. The molecule has 5 heterocycles. The van der Waals surface area contributed by atoms with Gasteiger partial charge in [0.2, 0.25) is 0 Å². The summed E-state index contributed by atoms with van der Waals surface area (Å²) in [7, 11) is 0. The Balaban J connectivity index is 1.71. The van der Waals surface area contributed by atoms with E-state index >= 15 is 0 Å². The minimum Gasteiger partial charge on any atom is -0.354 e. The number of hydrogen-bond donors (Lipinski definition) is 2. The number of allylic oxidation sites excluding steroid dienone is 6. The molecular formula is C22H16N4. The van der Waals surface area contributed by atoms with E-state index < -0.39 is 0 Å². The van der Waals surface area contributed by atoms with Crippen molar-refractivity contribution in [3.63, 3.8) is 0 Å². The molecular weight excluding hydrogens is 320 g/mol. The average molecular weight is 336 g/mol. The van der Waals surface area contributed by atoms with Crippen molar-refractivity contribution in [2.45, 2.75) is 0 Å². The van der Waals surface area contributed by atoms with Crippen LogP contribution in [0.2, 0.25) is 0 Å². The first-order valence-corrected chi connectivity index (χ1v) is 8.53. The summed E-state index contributed by atoms with van der Waals surface area (Å²) < 4.78 is 0. The van der Waals surface area contributed by atoms with E-state index in [0.717, 1.165) is 45.6 Å². The van der Waals surface area contributed by atoms with Gasteiger partial charge >= 0.3 is 0 Å². The largest absolute Gasteiger partial charge is 0.354 e. The molecule has 3 aliphatic rings. The number of nitrogens with zero attached hydrogens (tertiary/aromatic N) is 2. The maximum atomic E-state index is 4.78. The fraction of sp³-hybridized carbons (Fsp3) is 0. The minimum absolute atomic E-state index is 0.900. The molecule has 26 heavy (non-hydrogen) atoms. The molecule has 8 bridgehead atoms. The first-order valence-electron chi connectivity index (χ1n) is 8.53. The van der Waals surface area contributed by atoms with Gasteiger partial charge in [0, 0.05) is 11.4 Å². The van der Waals surface area contributed by atoms with Gasteiger partial charge in [0.15, 0.2) is 0 Å². The molecule has 0 saturated heterocycles. The minimum atomic E-state index is 0.900. The summed E-state index contributed by atoms with van der Waals surface area (Å²) in [6.45, 7) is 0. The number of fused-ring (bicyclic) bond motifs is 10. The second-order valence-corrected chi connectivity index (χ2v) is 6.22. The number of hydrogen-bond acceptors (Lipinski definition) is 4. The molecule has 2 N–H and O–H groups in total. The van der Waals surface area contributed by atoms with Crippen molar-refractivity contribution in [1.82, 2.24) is 20.6 Å². The van der Waals surface area contributed by atoms with Crippen LogP contribution < -0.4 is 10.6 Å². The summed E-state index contributed by atoms with van der Waals surface area (Å²) in [5.41, 5.74) is 7.53. The molecule has 0 amide bonds. The van der Waals surface area contributed by atoms with Gasteiger partial charge in [0.1, 0.15) is 0 Å². The molecule has 0 saturated carbocycles. The van der Waals surface area contributed by atoms with Gasteiger partial charge in [0.25, 0.3) is 0 Å². The molecule has 5 rings (SSSR count). The molecule has 0 atom stereocenters. The first kappa shape index (κ1) is 14.7. The van der Waals surface area contributed by atoms with Crippen LogP contribution in [0.1, 0.15) is 22.8 Å². The van der Waals surface area contributed by atoms with Gasteiger partial charge < -0.3 is 10.6 Å². The van der Waals surface area contributed by atoms with Crippen LogP contribution in [-0.4, -0.2) is 9.97 Å². The molecule has 0 aromatic carbocycles. The van der Waals surface area contributed by atoms with Gasteiger partial charge in [-0.3, -0.25) is 0 Å². The Bertz CT molecular complexity index is 993. The Labute approximate surface area is 151 Å². The van der Waals surface area contributed by atoms with Crippen molar-refractivity contribution in [2.75, 3.05) is 0 Å². The fourth-order valence-corrected chi connectivity index (χ4v) is 3.12. The predicted octanol–water partition coefficient (Wildman–Crippen LogP) is 3.87. The third kappa shape index (κ3) is 2.78. The lowest BCUT2D eigenvalue weighted by Crippen LogP contribution is -2.16. The second kappa shape index (κ2) is 6.01. The van der Waals surface area contributed by atoms with Gasteiger partial charge in [-0.15, -0.1) is 0 Å². The highest BCUT2D eigenvalue weighted by Gasteiger charge is 2.12. The van der Waals surface area contributed by atoms with Gasteiger partial charge in [-0.25, -0.2) is 9.97 Å². The van der Waals surface area contributed by atoms with Crippen molar-refractivity contribution in [3.8, 4) is 0 Å². The molecule has 4 nitrogen and oxygen atoms in total. The van der Waals surface area contributed by atoms with Crippen molar-refractivity contribution < 1.29 is 0 Å². The van der Waals surface area contributed by atoms with E-state index in [1.807, 2.05) is 85.0 Å². The summed E-state index contributed by atoms with van der Waals surface area (Å²) in [5.74, 6) is 0. The molecule has 0 unspecified atom stereocenters. The van der Waals surface area contributed by atoms with Crippen molar-refractivity contribution in [2.24, 2.45) is 0 Å². The quantitative estimate of drug-likeness (QED) is 0.767. The Kier molecular flexibility index (Phi) is 3.39. The summed E-state index contributed by atoms with van der Waals surface area (Å²) in [5, 5.41) is 6.89. The Morgan fingerprint density at radius 3 is 1.62 bits per heavy atom. The van der Waals surface area contributed by atoms with Crippen molar-refractivity contribution in [1.29, 1.82) is 0 Å². The number of aromatic nitrogens is 2. The third-order valence-corrected chi connectivity index (χ3v) is 4.34. The SMILES string of the molecule is C1=CC2=Cc3cccc(n3)C3=CC=CC(=Cc4cccc(n4)C(=C1)N2)N3. The third-order valence-electron chi connectivity index (χ3n) is 4.34. The van der Waals surface area contributed by atoms with Crippen LogP contribution in [0, 0.1) is 0 Å². The summed E-state index contributed by atoms with van der Waals surface area (Å²) in [6, 6.07) is 12.1. The molecule has 3 aliphatic heterocycles. The highest BCUT2D eigenvalue weighted by Crippen LogP contribution is 2.21. The van der Waals surface area contributed by atoms with Gasteiger partial charge in [-0.05, 0) is 60.7 Å². The second-order valence-electron chi connectivity index (χ2n) is 6.22. The molecule has 0 fully saturated rings. The number of pyridine rings is 2. The summed E-state index contributed by atoms with van der Waals surface area (Å²) >= 11 is 0. The summed E-state index contributed by atoms with van der Waals surface area (Å²) in [4.78, 5) is 9.56. The predicted molar refractivity (Wildman–Crippen MR) is 105 cm³/mol. The van der Waals surface area contributed by atoms with Crippen LogP contribution in [0.4, 0.5) is 0 Å². The van der Waals surface area contributed by atoms with Gasteiger partial charge in [0.05, 0.1) is 34.2 Å². The van der Waals surface area contributed by atoms with E-state index in [9.17, 15) is 0 Å². The Morgan fingerprint density at radius 2 is 1.12 bits per heavy atom. The van der Waals surface area contributed by atoms with E-state index in [1.54, 1.807) is 0 Å². The van der Waals surface area contributed by atoms with E-state index in [2.05, 4.69) is 10.6 Å². The topological polar surface area (TPSA) is 49.8 Å². The van der Waals surface area contributed by atoms with E-state index in [1.165, 1.54) is 0 Å². The number of dihydropyridines is 2. The first-order chi connectivity index (χ1) is 12.8. The zero-order chi connectivity index (χ0) is 17.3. The van der Waals surface area contributed by atoms with E-state index in [4.69, 9.17) is 9.97 Å². The number of rotatable bonds is 0. The smallest absolute Gasteiger partial charge is 0.0871 e. The van der Waals surface area contributed by atoms with Crippen molar-refractivity contribution in [3.05, 3.63) is 107 Å². The average Bonchev–Trinajstić information content (AvgIpc) is 2.68. The fourth-order valence-electron chi connectivity index (χ4n) is 3.12. The maximum Gasteiger partial charge on any atom is 0.0871 e. The molecule has 0 aliphatic carbocycles. The standard InChI is InChI=1S/C22H16N4/c1-5-15-13-16-6-3-11-21(25-16)22-12-4-8-18(26-22)14-17-7-2-10-20(24-17)19(9-1)23-15/h1-14,23,26H. The maximum absolute atomic E-state index is 4.78. The van der Waals surface area contributed by atoms with Crippen LogP contribution in [-0.2, 0) is 0 Å². The molecule has 124 valence electrons. The van der Waals surface area contributed by atoms with E-state index in [-0.39, 0.29) is 0 Å². The molecule has 4 heteroatoms. The lowest BCUT2D eigenvalue weighted by Gasteiger charge is -2.18. The zero-order valence-electron chi connectivity index (χ0n) is 14.0. The monoisotopic (exact) mass is 336 g/mol. The lowest BCUT2D eigenvalue weighted by molar-refractivity contribution is 1.07. The van der Waals surface area contributed by atoms with Crippen LogP contribution in [0.3, 0.4) is 0 Å². The normalized spacial score (nSPS) is 16.9. The molecule has 2 aromatic heterocycles. The van der Waals surface area contributed by atoms with Crippen LogP contribution in [0.5, 0.6) is 0 Å². The lowest BCUT2D eigenvalue weighted by atomic mass is 10.1. The van der Waals surface area contributed by atoms with Crippen LogP contribution >= 0.6 is 0 Å². The Morgan fingerprint density at radius 1 is 0.615 bits per heavy atom. The van der Waals surface area contributed by atoms with Gasteiger partial charge in [-0.2, -0.15) is 0 Å². The van der Waals surface area contributed by atoms with Crippen molar-refractivity contribution >= 4 is 23.5 Å². The Hall–Kier alpha value is -3.66. The van der Waals surface area contributed by atoms with Crippen LogP contribution in [0.25, 0.3) is 23.5 Å². The number of nitrogens with one attached hydrogen (secondary N) is 2. The summed E-state index contributed by atoms with van der Waals surface area (Å²) in [6.07, 6.45) is 16.3.